The fourth-order valence-electron chi connectivity index (χ4n) is 2.93. The standard InChI is InChI=1S/C16H25NS/c1-4-17-16(14-8-9-18-11-14)10-15-12(2)6-5-7-13(15)3/h5-7,14,16-17H,4,8-11H2,1-3H3. The number of benzene rings is 1. The molecule has 18 heavy (non-hydrogen) atoms. The van der Waals surface area contributed by atoms with Crippen molar-refractivity contribution in [1.29, 1.82) is 0 Å². The van der Waals surface area contributed by atoms with Crippen LogP contribution in [0.4, 0.5) is 0 Å². The van der Waals surface area contributed by atoms with Crippen LogP contribution >= 0.6 is 11.8 Å². The summed E-state index contributed by atoms with van der Waals surface area (Å²) in [6.07, 6.45) is 2.57. The fourth-order valence-corrected chi connectivity index (χ4v) is 4.27. The molecule has 1 heterocycles. The SMILES string of the molecule is CCNC(Cc1c(C)cccc1C)C1CCSC1. The molecular weight excluding hydrogens is 238 g/mol. The smallest absolute Gasteiger partial charge is 0.0144 e. The second kappa shape index (κ2) is 6.63. The van der Waals surface area contributed by atoms with Gasteiger partial charge in [0.15, 0.2) is 0 Å². The van der Waals surface area contributed by atoms with E-state index in [1.165, 1.54) is 35.5 Å². The Labute approximate surface area is 116 Å². The number of rotatable bonds is 5. The molecule has 0 aromatic heterocycles. The molecule has 0 bridgehead atoms. The third-order valence-electron chi connectivity index (χ3n) is 4.07. The van der Waals surface area contributed by atoms with Crippen molar-refractivity contribution in [2.45, 2.75) is 39.7 Å². The van der Waals surface area contributed by atoms with Gasteiger partial charge in [0.25, 0.3) is 0 Å². The van der Waals surface area contributed by atoms with Crippen LogP contribution in [-0.4, -0.2) is 24.1 Å². The molecule has 0 aliphatic carbocycles. The van der Waals surface area contributed by atoms with Gasteiger partial charge in [0, 0.05) is 6.04 Å². The molecule has 1 fully saturated rings. The Bertz CT molecular complexity index is 362. The van der Waals surface area contributed by atoms with E-state index >= 15 is 0 Å². The molecule has 0 radical (unpaired) electrons. The lowest BCUT2D eigenvalue weighted by atomic mass is 9.89. The van der Waals surface area contributed by atoms with Crippen molar-refractivity contribution in [2.75, 3.05) is 18.1 Å². The number of thioether (sulfide) groups is 1. The van der Waals surface area contributed by atoms with Crippen LogP contribution in [0.5, 0.6) is 0 Å². The largest absolute Gasteiger partial charge is 0.314 e. The van der Waals surface area contributed by atoms with E-state index in [1.54, 1.807) is 5.56 Å². The Morgan fingerprint density at radius 1 is 1.33 bits per heavy atom. The van der Waals surface area contributed by atoms with Crippen LogP contribution in [0.3, 0.4) is 0 Å². The zero-order chi connectivity index (χ0) is 13.0. The lowest BCUT2D eigenvalue weighted by molar-refractivity contribution is 0.386. The summed E-state index contributed by atoms with van der Waals surface area (Å²) in [6.45, 7) is 7.79. The molecule has 1 aliphatic rings. The fraction of sp³-hybridized carbons (Fsp3) is 0.625. The van der Waals surface area contributed by atoms with Gasteiger partial charge in [-0.2, -0.15) is 11.8 Å². The molecule has 0 saturated carbocycles. The third kappa shape index (κ3) is 3.30. The summed E-state index contributed by atoms with van der Waals surface area (Å²) in [5.41, 5.74) is 4.45. The minimum absolute atomic E-state index is 0.657. The number of hydrogen-bond donors (Lipinski definition) is 1. The number of nitrogens with one attached hydrogen (secondary N) is 1. The molecule has 100 valence electrons. The summed E-state index contributed by atoms with van der Waals surface area (Å²) in [5.74, 6) is 3.54. The zero-order valence-electron chi connectivity index (χ0n) is 11.8. The molecule has 2 atom stereocenters. The molecular formula is C16H25NS. The highest BCUT2D eigenvalue weighted by molar-refractivity contribution is 7.99. The van der Waals surface area contributed by atoms with Crippen molar-refractivity contribution in [3.8, 4) is 0 Å². The average Bonchev–Trinajstić information content (AvgIpc) is 2.86. The highest BCUT2D eigenvalue weighted by Gasteiger charge is 2.25. The van der Waals surface area contributed by atoms with Gasteiger partial charge in [-0.25, -0.2) is 0 Å². The van der Waals surface area contributed by atoms with Crippen LogP contribution in [0.25, 0.3) is 0 Å². The van der Waals surface area contributed by atoms with Crippen LogP contribution in [0.15, 0.2) is 18.2 Å². The maximum Gasteiger partial charge on any atom is 0.0144 e. The van der Waals surface area contributed by atoms with Crippen LogP contribution in [0, 0.1) is 19.8 Å². The predicted molar refractivity (Wildman–Crippen MR) is 82.5 cm³/mol. The third-order valence-corrected chi connectivity index (χ3v) is 5.26. The first kappa shape index (κ1) is 14.0. The van der Waals surface area contributed by atoms with Gasteiger partial charge in [0.05, 0.1) is 0 Å². The molecule has 2 rings (SSSR count). The minimum Gasteiger partial charge on any atom is -0.314 e. The highest BCUT2D eigenvalue weighted by atomic mass is 32.2. The summed E-state index contributed by atoms with van der Waals surface area (Å²) in [5, 5.41) is 3.71. The summed E-state index contributed by atoms with van der Waals surface area (Å²) in [4.78, 5) is 0. The molecule has 1 saturated heterocycles. The minimum atomic E-state index is 0.657. The maximum atomic E-state index is 3.71. The van der Waals surface area contributed by atoms with E-state index in [-0.39, 0.29) is 0 Å². The normalized spacial score (nSPS) is 21.2. The second-order valence-corrected chi connectivity index (χ2v) is 6.51. The quantitative estimate of drug-likeness (QED) is 0.871. The summed E-state index contributed by atoms with van der Waals surface area (Å²) in [7, 11) is 0. The first-order valence-electron chi connectivity index (χ1n) is 7.08. The number of hydrogen-bond acceptors (Lipinski definition) is 2. The average molecular weight is 263 g/mol. The van der Waals surface area contributed by atoms with Crippen molar-refractivity contribution in [3.63, 3.8) is 0 Å². The topological polar surface area (TPSA) is 12.0 Å². The zero-order valence-corrected chi connectivity index (χ0v) is 12.6. The van der Waals surface area contributed by atoms with E-state index in [0.29, 0.717) is 6.04 Å². The van der Waals surface area contributed by atoms with E-state index in [4.69, 9.17) is 0 Å². The van der Waals surface area contributed by atoms with Crippen molar-refractivity contribution in [3.05, 3.63) is 34.9 Å². The Hall–Kier alpha value is -0.470. The van der Waals surface area contributed by atoms with E-state index in [2.05, 4.69) is 56.0 Å². The molecule has 1 nitrogen and oxygen atoms in total. The predicted octanol–water partition coefficient (Wildman–Crippen LogP) is 3.58. The number of aryl methyl sites for hydroxylation is 2. The molecule has 1 aromatic carbocycles. The summed E-state index contributed by atoms with van der Waals surface area (Å²) < 4.78 is 0. The summed E-state index contributed by atoms with van der Waals surface area (Å²) >= 11 is 2.12. The van der Waals surface area contributed by atoms with Crippen LogP contribution in [0.2, 0.25) is 0 Å². The van der Waals surface area contributed by atoms with Gasteiger partial charge < -0.3 is 5.32 Å². The van der Waals surface area contributed by atoms with Gasteiger partial charge in [-0.3, -0.25) is 0 Å². The lowest BCUT2D eigenvalue weighted by Gasteiger charge is -2.25. The molecule has 1 aromatic rings. The highest BCUT2D eigenvalue weighted by Crippen LogP contribution is 2.29. The van der Waals surface area contributed by atoms with Gasteiger partial charge in [0.2, 0.25) is 0 Å². The molecule has 0 amide bonds. The first-order chi connectivity index (χ1) is 8.72. The summed E-state index contributed by atoms with van der Waals surface area (Å²) in [6, 6.07) is 7.32. The molecule has 2 unspecified atom stereocenters. The van der Waals surface area contributed by atoms with Crippen LogP contribution < -0.4 is 5.32 Å². The van der Waals surface area contributed by atoms with E-state index in [1.807, 2.05) is 0 Å². The van der Waals surface area contributed by atoms with E-state index in [0.717, 1.165) is 12.5 Å². The Balaban J connectivity index is 2.12. The van der Waals surface area contributed by atoms with Gasteiger partial charge in [-0.15, -0.1) is 0 Å². The number of likely N-dealkylation sites (N-methyl/N-ethyl adjacent to an activating group) is 1. The van der Waals surface area contributed by atoms with Crippen LogP contribution in [0.1, 0.15) is 30.0 Å². The maximum absolute atomic E-state index is 3.71. The lowest BCUT2D eigenvalue weighted by Crippen LogP contribution is -2.38. The molecule has 1 aliphatic heterocycles. The Kier molecular flexibility index (Phi) is 5.13. The van der Waals surface area contributed by atoms with Crippen LogP contribution in [-0.2, 0) is 6.42 Å². The van der Waals surface area contributed by atoms with Gasteiger partial charge in [-0.05, 0) is 67.3 Å². The van der Waals surface area contributed by atoms with Gasteiger partial charge in [0.1, 0.15) is 0 Å². The van der Waals surface area contributed by atoms with Crippen molar-refractivity contribution < 1.29 is 0 Å². The Morgan fingerprint density at radius 2 is 2.06 bits per heavy atom. The van der Waals surface area contributed by atoms with Gasteiger partial charge >= 0.3 is 0 Å². The second-order valence-electron chi connectivity index (χ2n) is 5.36. The van der Waals surface area contributed by atoms with Gasteiger partial charge in [-0.1, -0.05) is 25.1 Å². The van der Waals surface area contributed by atoms with Crippen molar-refractivity contribution in [2.24, 2.45) is 5.92 Å². The van der Waals surface area contributed by atoms with E-state index in [9.17, 15) is 0 Å². The molecule has 2 heteroatoms. The molecule has 0 spiro atoms. The van der Waals surface area contributed by atoms with Crippen molar-refractivity contribution in [1.82, 2.24) is 5.32 Å². The van der Waals surface area contributed by atoms with E-state index < -0.39 is 0 Å². The monoisotopic (exact) mass is 263 g/mol. The van der Waals surface area contributed by atoms with Crippen molar-refractivity contribution >= 4 is 11.8 Å². The first-order valence-corrected chi connectivity index (χ1v) is 8.24. The molecule has 1 N–H and O–H groups in total. The Morgan fingerprint density at radius 3 is 2.61 bits per heavy atom.